The first-order chi connectivity index (χ1) is 12.2. The third kappa shape index (κ3) is 4.55. The Balaban J connectivity index is 2.26. The second-order valence-electron chi connectivity index (χ2n) is 5.77. The molecule has 1 atom stereocenters. The Bertz CT molecular complexity index is 874. The zero-order valence-corrected chi connectivity index (χ0v) is 14.4. The Morgan fingerprint density at radius 3 is 2.31 bits per heavy atom. The van der Waals surface area contributed by atoms with Gasteiger partial charge in [-0.25, -0.2) is 13.6 Å². The molecule has 0 aliphatic heterocycles. The molecule has 2 rings (SSSR count). The van der Waals surface area contributed by atoms with Crippen molar-refractivity contribution in [3.63, 3.8) is 0 Å². The number of ether oxygens (including phenoxy) is 2. The van der Waals surface area contributed by atoms with Gasteiger partial charge >= 0.3 is 5.97 Å². The average Bonchev–Trinajstić information content (AvgIpc) is 2.56. The van der Waals surface area contributed by atoms with Gasteiger partial charge in [-0.1, -0.05) is 19.2 Å². The van der Waals surface area contributed by atoms with Crippen molar-refractivity contribution in [1.29, 1.82) is 0 Å². The van der Waals surface area contributed by atoms with Crippen LogP contribution in [0.2, 0.25) is 0 Å². The molecule has 0 aliphatic rings. The molecule has 0 radical (unpaired) electrons. The Morgan fingerprint density at radius 2 is 1.77 bits per heavy atom. The molecule has 0 heterocycles. The van der Waals surface area contributed by atoms with E-state index in [0.29, 0.717) is 5.57 Å². The van der Waals surface area contributed by atoms with Crippen LogP contribution in [0.1, 0.15) is 13.8 Å². The zero-order valence-electron chi connectivity index (χ0n) is 14.4. The molecule has 6 heteroatoms. The van der Waals surface area contributed by atoms with E-state index in [0.717, 1.165) is 12.1 Å². The normalized spacial score (nSPS) is 11.6. The van der Waals surface area contributed by atoms with E-state index in [1.165, 1.54) is 38.1 Å². The molecule has 0 aliphatic carbocycles. The van der Waals surface area contributed by atoms with Crippen molar-refractivity contribution in [3.05, 3.63) is 72.3 Å². The number of carbonyl (C=O) groups excluding carboxylic acids is 1. The molecule has 0 amide bonds. The van der Waals surface area contributed by atoms with Gasteiger partial charge in [0.25, 0.3) is 0 Å². The molecule has 2 aromatic rings. The Kier molecular flexibility index (Phi) is 5.90. The van der Waals surface area contributed by atoms with Crippen molar-refractivity contribution in [1.82, 2.24) is 0 Å². The minimum absolute atomic E-state index is 0.0178. The first-order valence-electron chi connectivity index (χ1n) is 7.66. The lowest BCUT2D eigenvalue weighted by Gasteiger charge is -2.14. The number of esters is 1. The van der Waals surface area contributed by atoms with E-state index in [-0.39, 0.29) is 28.2 Å². The van der Waals surface area contributed by atoms with Crippen LogP contribution in [0.5, 0.6) is 11.5 Å². The van der Waals surface area contributed by atoms with Crippen LogP contribution in [0, 0.1) is 11.6 Å². The second-order valence-corrected chi connectivity index (χ2v) is 5.77. The van der Waals surface area contributed by atoms with Gasteiger partial charge in [0, 0.05) is 17.2 Å². The van der Waals surface area contributed by atoms with E-state index in [4.69, 9.17) is 9.47 Å². The van der Waals surface area contributed by atoms with Crippen molar-refractivity contribution in [2.75, 3.05) is 0 Å². The van der Waals surface area contributed by atoms with E-state index < -0.39 is 23.9 Å². The molecule has 26 heavy (non-hydrogen) atoms. The predicted molar refractivity (Wildman–Crippen MR) is 93.7 cm³/mol. The monoisotopic (exact) mass is 360 g/mol. The molecule has 2 aromatic carbocycles. The van der Waals surface area contributed by atoms with E-state index in [9.17, 15) is 18.7 Å². The van der Waals surface area contributed by atoms with Gasteiger partial charge in [0.15, 0.2) is 11.6 Å². The minimum atomic E-state index is -1.34. The maximum absolute atomic E-state index is 14.3. The van der Waals surface area contributed by atoms with Gasteiger partial charge in [0.2, 0.25) is 6.29 Å². The van der Waals surface area contributed by atoms with Gasteiger partial charge in [-0.15, -0.1) is 0 Å². The van der Waals surface area contributed by atoms with Gasteiger partial charge in [-0.3, -0.25) is 0 Å². The van der Waals surface area contributed by atoms with Gasteiger partial charge in [-0.2, -0.15) is 0 Å². The summed E-state index contributed by atoms with van der Waals surface area (Å²) in [6, 6.07) is 7.61. The van der Waals surface area contributed by atoms with Gasteiger partial charge in [0.1, 0.15) is 11.6 Å². The molecule has 0 saturated heterocycles. The summed E-state index contributed by atoms with van der Waals surface area (Å²) in [7, 11) is 0. The van der Waals surface area contributed by atoms with Crippen molar-refractivity contribution in [2.45, 2.75) is 20.1 Å². The largest absolute Gasteiger partial charge is 0.458 e. The number of hydrogen-bond acceptors (Lipinski definition) is 4. The molecule has 0 bridgehead atoms. The lowest BCUT2D eigenvalue weighted by Crippen LogP contribution is -2.16. The molecule has 136 valence electrons. The van der Waals surface area contributed by atoms with Crippen LogP contribution in [-0.2, 0) is 4.79 Å². The lowest BCUT2D eigenvalue weighted by molar-refractivity contribution is -0.130. The molecule has 4 nitrogen and oxygen atoms in total. The summed E-state index contributed by atoms with van der Waals surface area (Å²) in [5.74, 6) is -2.28. The zero-order chi connectivity index (χ0) is 19.4. The summed E-state index contributed by atoms with van der Waals surface area (Å²) in [5.41, 5.74) is 0.879. The summed E-state index contributed by atoms with van der Waals surface area (Å²) in [5, 5.41) is 9.58. The standard InChI is InChI=1S/C20H18F2O4/c1-11(2)19(23)25-14-6-7-15(16(21)10-14)13-5-8-18(17(22)9-13)26-20(24)12(3)4/h5-10,20,24H,1,3H2,2,4H3. The van der Waals surface area contributed by atoms with E-state index in [2.05, 4.69) is 13.2 Å². The van der Waals surface area contributed by atoms with Crippen LogP contribution >= 0.6 is 0 Å². The number of carbonyl (C=O) groups is 1. The lowest BCUT2D eigenvalue weighted by atomic mass is 10.0. The molecule has 1 unspecified atom stereocenters. The van der Waals surface area contributed by atoms with Crippen LogP contribution < -0.4 is 9.47 Å². The molecular weight excluding hydrogens is 342 g/mol. The first-order valence-corrected chi connectivity index (χ1v) is 7.66. The van der Waals surface area contributed by atoms with Gasteiger partial charge < -0.3 is 14.6 Å². The fourth-order valence-corrected chi connectivity index (χ4v) is 1.97. The van der Waals surface area contributed by atoms with E-state index >= 15 is 0 Å². The van der Waals surface area contributed by atoms with Crippen LogP contribution in [-0.4, -0.2) is 17.4 Å². The highest BCUT2D eigenvalue weighted by atomic mass is 19.1. The average molecular weight is 360 g/mol. The number of hydrogen-bond donors (Lipinski definition) is 1. The number of halogens is 2. The number of aliphatic hydroxyl groups is 1. The Morgan fingerprint density at radius 1 is 1.08 bits per heavy atom. The highest BCUT2D eigenvalue weighted by molar-refractivity contribution is 5.88. The number of aliphatic hydroxyl groups excluding tert-OH is 1. The third-order valence-electron chi connectivity index (χ3n) is 3.40. The molecule has 0 spiro atoms. The van der Waals surface area contributed by atoms with Crippen molar-refractivity contribution >= 4 is 5.97 Å². The molecule has 1 N–H and O–H groups in total. The highest BCUT2D eigenvalue weighted by Crippen LogP contribution is 2.30. The topological polar surface area (TPSA) is 55.8 Å². The van der Waals surface area contributed by atoms with Gasteiger partial charge in [-0.05, 0) is 49.2 Å². The van der Waals surface area contributed by atoms with Crippen LogP contribution in [0.15, 0.2) is 60.7 Å². The van der Waals surface area contributed by atoms with Crippen LogP contribution in [0.3, 0.4) is 0 Å². The summed E-state index contributed by atoms with van der Waals surface area (Å²) in [4.78, 5) is 11.5. The van der Waals surface area contributed by atoms with Crippen molar-refractivity contribution < 1.29 is 28.2 Å². The Hall–Kier alpha value is -2.99. The van der Waals surface area contributed by atoms with E-state index in [1.807, 2.05) is 0 Å². The maximum Gasteiger partial charge on any atom is 0.338 e. The number of benzene rings is 2. The molecule has 0 fully saturated rings. The smallest absolute Gasteiger partial charge is 0.338 e. The summed E-state index contributed by atoms with van der Waals surface area (Å²) < 4.78 is 38.5. The van der Waals surface area contributed by atoms with Crippen LogP contribution in [0.25, 0.3) is 11.1 Å². The SMILES string of the molecule is C=C(C)C(=O)Oc1ccc(-c2ccc(OC(O)C(=C)C)c(F)c2)c(F)c1. The third-order valence-corrected chi connectivity index (χ3v) is 3.40. The summed E-state index contributed by atoms with van der Waals surface area (Å²) in [6.07, 6.45) is -1.34. The quantitative estimate of drug-likeness (QED) is 0.273. The fourth-order valence-electron chi connectivity index (χ4n) is 1.97. The number of rotatable bonds is 6. The molecule has 0 saturated carbocycles. The maximum atomic E-state index is 14.3. The highest BCUT2D eigenvalue weighted by Gasteiger charge is 2.14. The fraction of sp³-hybridized carbons (Fsp3) is 0.150. The minimum Gasteiger partial charge on any atom is -0.458 e. The van der Waals surface area contributed by atoms with Crippen molar-refractivity contribution in [3.8, 4) is 22.6 Å². The van der Waals surface area contributed by atoms with Crippen LogP contribution in [0.4, 0.5) is 8.78 Å². The predicted octanol–water partition coefficient (Wildman–Crippen LogP) is 4.39. The van der Waals surface area contributed by atoms with Gasteiger partial charge in [0.05, 0.1) is 0 Å². The molecular formula is C20H18F2O4. The van der Waals surface area contributed by atoms with Crippen molar-refractivity contribution in [2.24, 2.45) is 0 Å². The second kappa shape index (κ2) is 7.93. The Labute approximate surface area is 150 Å². The van der Waals surface area contributed by atoms with E-state index in [1.54, 1.807) is 0 Å². The first kappa shape index (κ1) is 19.3. The molecule has 0 aromatic heterocycles. The summed E-state index contributed by atoms with van der Waals surface area (Å²) in [6.45, 7) is 9.96. The summed E-state index contributed by atoms with van der Waals surface area (Å²) >= 11 is 0.